The van der Waals surface area contributed by atoms with Crippen molar-refractivity contribution < 1.29 is 0 Å². The van der Waals surface area contributed by atoms with Gasteiger partial charge < -0.3 is 4.90 Å². The molecule has 0 aromatic carbocycles. The van der Waals surface area contributed by atoms with E-state index in [9.17, 15) is 0 Å². The zero-order valence-electron chi connectivity index (χ0n) is 5.85. The molecule has 1 aliphatic heterocycles. The van der Waals surface area contributed by atoms with E-state index in [1.165, 1.54) is 19.5 Å². The molecule has 0 spiro atoms. The predicted octanol–water partition coefficient (Wildman–Crippen LogP) is 1.86. The lowest BCUT2D eigenvalue weighted by Gasteiger charge is -2.28. The van der Waals surface area contributed by atoms with E-state index in [0.717, 1.165) is 0 Å². The summed E-state index contributed by atoms with van der Waals surface area (Å²) in [7, 11) is 0. The molecule has 0 aromatic rings. The predicted molar refractivity (Wildman–Crippen MR) is 37.7 cm³/mol. The first-order valence-electron chi connectivity index (χ1n) is 3.30. The highest BCUT2D eigenvalue weighted by molar-refractivity contribution is 4.77. The fraction of sp³-hybridized carbons (Fsp3) is 0.714. The lowest BCUT2D eigenvalue weighted by atomic mass is 10.2. The van der Waals surface area contributed by atoms with E-state index >= 15 is 0 Å². The third-order valence-corrected chi connectivity index (χ3v) is 1.15. The summed E-state index contributed by atoms with van der Waals surface area (Å²) in [6, 6.07) is 0. The molecule has 1 aliphatic rings. The molecule has 48 valence electrons. The molecule has 1 heterocycles. The standard InChI is InChI=1S/C5H9N.C2H6/c1-2-6-4-3-5-6;1-2/h2H,1,3-5H2;1-2H3. The Balaban J connectivity index is 0.000000222. The van der Waals surface area contributed by atoms with Crippen molar-refractivity contribution in [2.45, 2.75) is 20.3 Å². The summed E-state index contributed by atoms with van der Waals surface area (Å²) in [4.78, 5) is 2.19. The highest BCUT2D eigenvalue weighted by Gasteiger charge is 2.05. The third kappa shape index (κ3) is 2.01. The van der Waals surface area contributed by atoms with Crippen LogP contribution in [0.15, 0.2) is 12.8 Å². The van der Waals surface area contributed by atoms with E-state index in [-0.39, 0.29) is 0 Å². The molecule has 0 N–H and O–H groups in total. The Labute approximate surface area is 52.0 Å². The van der Waals surface area contributed by atoms with Crippen LogP contribution in [0.3, 0.4) is 0 Å². The van der Waals surface area contributed by atoms with Gasteiger partial charge in [-0.2, -0.15) is 0 Å². The van der Waals surface area contributed by atoms with Gasteiger partial charge >= 0.3 is 0 Å². The number of rotatable bonds is 1. The molecule has 0 amide bonds. The summed E-state index contributed by atoms with van der Waals surface area (Å²) >= 11 is 0. The van der Waals surface area contributed by atoms with Crippen molar-refractivity contribution in [2.75, 3.05) is 13.1 Å². The number of hydrogen-bond donors (Lipinski definition) is 0. The van der Waals surface area contributed by atoms with Crippen LogP contribution in [-0.2, 0) is 0 Å². The van der Waals surface area contributed by atoms with Gasteiger partial charge in [-0.05, 0) is 12.6 Å². The van der Waals surface area contributed by atoms with Crippen LogP contribution in [0.2, 0.25) is 0 Å². The van der Waals surface area contributed by atoms with Crippen LogP contribution in [0.4, 0.5) is 0 Å². The Hall–Kier alpha value is -0.460. The minimum atomic E-state index is 1.23. The topological polar surface area (TPSA) is 3.24 Å². The summed E-state index contributed by atoms with van der Waals surface area (Å²) < 4.78 is 0. The van der Waals surface area contributed by atoms with Gasteiger partial charge in [0.2, 0.25) is 0 Å². The summed E-state index contributed by atoms with van der Waals surface area (Å²) in [5, 5.41) is 0. The van der Waals surface area contributed by atoms with Gasteiger partial charge in [-0.1, -0.05) is 20.4 Å². The fourth-order valence-corrected chi connectivity index (χ4v) is 0.523. The normalized spacial score (nSPS) is 15.5. The first-order valence-corrected chi connectivity index (χ1v) is 3.30. The highest BCUT2D eigenvalue weighted by Crippen LogP contribution is 2.03. The van der Waals surface area contributed by atoms with Crippen LogP contribution in [0.5, 0.6) is 0 Å². The zero-order chi connectivity index (χ0) is 6.41. The van der Waals surface area contributed by atoms with Crippen LogP contribution in [0.25, 0.3) is 0 Å². The van der Waals surface area contributed by atoms with Gasteiger partial charge in [0, 0.05) is 13.1 Å². The summed E-state index contributed by atoms with van der Waals surface area (Å²) in [6.07, 6.45) is 3.25. The van der Waals surface area contributed by atoms with Crippen molar-refractivity contribution >= 4 is 0 Å². The largest absolute Gasteiger partial charge is 0.378 e. The SMILES string of the molecule is C=CN1CCC1.CC. The van der Waals surface area contributed by atoms with Crippen LogP contribution in [-0.4, -0.2) is 18.0 Å². The molecule has 0 atom stereocenters. The van der Waals surface area contributed by atoms with E-state index in [4.69, 9.17) is 0 Å². The molecule has 1 fully saturated rings. The fourth-order valence-electron chi connectivity index (χ4n) is 0.523. The summed E-state index contributed by atoms with van der Waals surface area (Å²) in [5.41, 5.74) is 0. The smallest absolute Gasteiger partial charge is 0.0189 e. The minimum absolute atomic E-state index is 1.23. The molecule has 1 heteroatoms. The Kier molecular flexibility index (Phi) is 4.42. The van der Waals surface area contributed by atoms with Crippen molar-refractivity contribution in [3.63, 3.8) is 0 Å². The van der Waals surface area contributed by atoms with Gasteiger partial charge in [0.05, 0.1) is 0 Å². The maximum absolute atomic E-state index is 3.61. The van der Waals surface area contributed by atoms with Crippen LogP contribution in [0, 0.1) is 0 Å². The highest BCUT2D eigenvalue weighted by atomic mass is 15.1. The van der Waals surface area contributed by atoms with Gasteiger partial charge in [-0.15, -0.1) is 0 Å². The lowest BCUT2D eigenvalue weighted by Crippen LogP contribution is -2.31. The summed E-state index contributed by atoms with van der Waals surface area (Å²) in [6.45, 7) is 10.1. The molecule has 8 heavy (non-hydrogen) atoms. The monoisotopic (exact) mass is 113 g/mol. The number of nitrogens with zero attached hydrogens (tertiary/aromatic N) is 1. The summed E-state index contributed by atoms with van der Waals surface area (Å²) in [5.74, 6) is 0. The van der Waals surface area contributed by atoms with Crippen molar-refractivity contribution in [2.24, 2.45) is 0 Å². The van der Waals surface area contributed by atoms with Crippen molar-refractivity contribution in [1.82, 2.24) is 4.90 Å². The first kappa shape index (κ1) is 7.54. The second kappa shape index (κ2) is 4.69. The van der Waals surface area contributed by atoms with Gasteiger partial charge in [0.25, 0.3) is 0 Å². The van der Waals surface area contributed by atoms with E-state index in [0.29, 0.717) is 0 Å². The average molecular weight is 113 g/mol. The van der Waals surface area contributed by atoms with Gasteiger partial charge in [-0.25, -0.2) is 0 Å². The maximum atomic E-state index is 3.61. The second-order valence-electron chi connectivity index (χ2n) is 1.57. The van der Waals surface area contributed by atoms with E-state index in [2.05, 4.69) is 11.5 Å². The Bertz CT molecular complexity index is 55.4. The van der Waals surface area contributed by atoms with Crippen molar-refractivity contribution in [3.8, 4) is 0 Å². The molecule has 0 aromatic heterocycles. The van der Waals surface area contributed by atoms with E-state index in [1.807, 2.05) is 20.0 Å². The van der Waals surface area contributed by atoms with Crippen LogP contribution >= 0.6 is 0 Å². The maximum Gasteiger partial charge on any atom is 0.0189 e. The molecule has 0 unspecified atom stereocenters. The van der Waals surface area contributed by atoms with Gasteiger partial charge in [-0.3, -0.25) is 0 Å². The molecule has 1 saturated heterocycles. The third-order valence-electron chi connectivity index (χ3n) is 1.15. The quantitative estimate of drug-likeness (QED) is 0.501. The molecule has 0 aliphatic carbocycles. The average Bonchev–Trinajstić information content (AvgIpc) is 1.69. The Morgan fingerprint density at radius 2 is 1.88 bits per heavy atom. The molecular weight excluding hydrogens is 98.1 g/mol. The molecular formula is C7H15N. The molecule has 0 saturated carbocycles. The minimum Gasteiger partial charge on any atom is -0.378 e. The second-order valence-corrected chi connectivity index (χ2v) is 1.57. The zero-order valence-corrected chi connectivity index (χ0v) is 5.85. The molecule has 0 radical (unpaired) electrons. The molecule has 1 rings (SSSR count). The molecule has 0 bridgehead atoms. The van der Waals surface area contributed by atoms with Crippen molar-refractivity contribution in [1.29, 1.82) is 0 Å². The number of hydrogen-bond acceptors (Lipinski definition) is 1. The van der Waals surface area contributed by atoms with E-state index < -0.39 is 0 Å². The van der Waals surface area contributed by atoms with Crippen LogP contribution < -0.4 is 0 Å². The van der Waals surface area contributed by atoms with E-state index in [1.54, 1.807) is 0 Å². The first-order chi connectivity index (χ1) is 3.93. The van der Waals surface area contributed by atoms with Gasteiger partial charge in [0.15, 0.2) is 0 Å². The Morgan fingerprint density at radius 1 is 1.38 bits per heavy atom. The molecule has 1 nitrogen and oxygen atoms in total. The van der Waals surface area contributed by atoms with Crippen LogP contribution in [0.1, 0.15) is 20.3 Å². The lowest BCUT2D eigenvalue weighted by molar-refractivity contribution is 0.264. The van der Waals surface area contributed by atoms with Gasteiger partial charge in [0.1, 0.15) is 0 Å². The van der Waals surface area contributed by atoms with Crippen molar-refractivity contribution in [3.05, 3.63) is 12.8 Å². The number of likely N-dealkylation sites (tertiary alicyclic amines) is 1. The Morgan fingerprint density at radius 3 is 1.88 bits per heavy atom.